The summed E-state index contributed by atoms with van der Waals surface area (Å²) >= 11 is 0. The Balaban J connectivity index is 2.85. The zero-order valence-electron chi connectivity index (χ0n) is 10.7. The van der Waals surface area contributed by atoms with Crippen molar-refractivity contribution in [1.82, 2.24) is 5.31 Å². The molecule has 7 heteroatoms. The highest BCUT2D eigenvalue weighted by Crippen LogP contribution is 2.19. The molecule has 1 heterocycles. The molecule has 1 aliphatic heterocycles. The Kier molecular flexibility index (Phi) is 4.30. The molecule has 1 amide bonds. The molecule has 0 saturated carbocycles. The van der Waals surface area contributed by atoms with E-state index in [0.29, 0.717) is 5.31 Å². The second-order valence-electron chi connectivity index (χ2n) is 4.34. The van der Waals surface area contributed by atoms with Crippen LogP contribution in [0.2, 0.25) is 1.41 Å². The van der Waals surface area contributed by atoms with Crippen molar-refractivity contribution in [3.05, 3.63) is 0 Å². The van der Waals surface area contributed by atoms with E-state index in [9.17, 15) is 20.1 Å². The van der Waals surface area contributed by atoms with Crippen LogP contribution in [0.25, 0.3) is 0 Å². The number of hydrogen-bond donors (Lipinski definition) is 5. The van der Waals surface area contributed by atoms with Crippen molar-refractivity contribution in [2.24, 2.45) is 5.92 Å². The van der Waals surface area contributed by atoms with Crippen LogP contribution >= 0.6 is 0 Å². The zero-order valence-corrected chi connectivity index (χ0v) is 9.72. The molecule has 0 aliphatic carbocycles. The molecule has 0 aromatic carbocycles. The van der Waals surface area contributed by atoms with Gasteiger partial charge >= 0.3 is 0 Å². The molecule has 1 saturated heterocycles. The molecule has 0 radical (unpaired) electrons. The second-order valence-corrected chi connectivity index (χ2v) is 4.34. The van der Waals surface area contributed by atoms with Gasteiger partial charge in [-0.3, -0.25) is 4.79 Å². The molecule has 5 atom stereocenters. The maximum absolute atomic E-state index is 11.6. The molecule has 0 spiro atoms. The molecule has 1 rings (SSSR count). The van der Waals surface area contributed by atoms with E-state index in [1.165, 1.54) is 0 Å². The van der Waals surface area contributed by atoms with Crippen molar-refractivity contribution in [3.63, 3.8) is 0 Å². The summed E-state index contributed by atoms with van der Waals surface area (Å²) < 4.78 is 12.5. The van der Waals surface area contributed by atoms with Crippen molar-refractivity contribution < 1.29 is 31.4 Å². The summed E-state index contributed by atoms with van der Waals surface area (Å²) in [5, 5.41) is 38.4. The maximum atomic E-state index is 11.6. The van der Waals surface area contributed by atoms with Crippen LogP contribution in [0.3, 0.4) is 0 Å². The fraction of sp³-hybridized carbons (Fsp3) is 0.900. The predicted molar refractivity (Wildman–Crippen MR) is 56.7 cm³/mol. The lowest BCUT2D eigenvalue weighted by Crippen LogP contribution is -2.64. The number of ether oxygens (including phenoxy) is 1. The average Bonchev–Trinajstić information content (AvgIpc) is 2.32. The highest BCUT2D eigenvalue weighted by Gasteiger charge is 2.44. The first-order valence-electron chi connectivity index (χ1n) is 5.88. The molecule has 0 aromatic rings. The molecule has 1 aliphatic rings. The lowest BCUT2D eigenvalue weighted by atomic mass is 9.96. The summed E-state index contributed by atoms with van der Waals surface area (Å²) in [6.07, 6.45) is -5.82. The summed E-state index contributed by atoms with van der Waals surface area (Å²) in [5.41, 5.74) is 0. The van der Waals surface area contributed by atoms with Gasteiger partial charge in [-0.05, 0) is 0 Å². The van der Waals surface area contributed by atoms with Crippen LogP contribution in [0.5, 0.6) is 0 Å². The van der Waals surface area contributed by atoms with Gasteiger partial charge in [0, 0.05) is 5.92 Å². The number of aliphatic hydroxyl groups is 4. The van der Waals surface area contributed by atoms with Gasteiger partial charge in [0.15, 0.2) is 7.70 Å². The minimum absolute atomic E-state index is 0.414. The molecule has 100 valence electrons. The first-order valence-corrected chi connectivity index (χ1v) is 5.43. The van der Waals surface area contributed by atoms with Crippen molar-refractivity contribution in [1.29, 1.82) is 0 Å². The Morgan fingerprint density at radius 2 is 2.00 bits per heavy atom. The van der Waals surface area contributed by atoms with Crippen molar-refractivity contribution in [2.75, 3.05) is 6.61 Å². The Labute approximate surface area is 100 Å². The minimum Gasteiger partial charge on any atom is -0.394 e. The Morgan fingerprint density at radius 3 is 2.47 bits per heavy atom. The first kappa shape index (κ1) is 12.7. The van der Waals surface area contributed by atoms with Gasteiger partial charge in [-0.2, -0.15) is 0 Å². The standard InChI is InChI=1S/C10H19NO6/c1-4(2)9(15)11-6-8(14)7(13)5(3-12)17-10(6)16/h4-8,10,12-14,16H,3H2,1-2H3,(H,11,15)/t5-,6-,7-,8-,10?/m1/s1/i/hD. The van der Waals surface area contributed by atoms with Gasteiger partial charge < -0.3 is 30.5 Å². The number of hydrogen-bond acceptors (Lipinski definition) is 6. The number of amides is 1. The van der Waals surface area contributed by atoms with Crippen LogP contribution in [-0.4, -0.2) is 63.6 Å². The molecular weight excluding hydrogens is 230 g/mol. The molecule has 1 fully saturated rings. The van der Waals surface area contributed by atoms with E-state index in [2.05, 4.69) is 0 Å². The van der Waals surface area contributed by atoms with Gasteiger partial charge in [-0.25, -0.2) is 0 Å². The molecule has 7 nitrogen and oxygen atoms in total. The van der Waals surface area contributed by atoms with Crippen LogP contribution in [0.1, 0.15) is 13.8 Å². The predicted octanol–water partition coefficient (Wildman–Crippen LogP) is -2.44. The third-order valence-electron chi connectivity index (χ3n) is 2.64. The molecule has 0 aromatic heterocycles. The fourth-order valence-corrected chi connectivity index (χ4v) is 1.52. The van der Waals surface area contributed by atoms with E-state index < -0.39 is 49.1 Å². The third-order valence-corrected chi connectivity index (χ3v) is 2.64. The molecule has 0 bridgehead atoms. The van der Waals surface area contributed by atoms with Crippen molar-refractivity contribution >= 4 is 5.91 Å². The Morgan fingerprint density at radius 1 is 1.41 bits per heavy atom. The second kappa shape index (κ2) is 5.74. The Bertz CT molecular complexity index is 302. The van der Waals surface area contributed by atoms with Gasteiger partial charge in [0.2, 0.25) is 5.91 Å². The fourth-order valence-electron chi connectivity index (χ4n) is 1.52. The SMILES string of the molecule is [2H]N(C(=O)C(C)C)[C@H]1C(O)O[C@H](CO)[C@@H](O)[C@@H]1O. The smallest absolute Gasteiger partial charge is 0.223 e. The lowest BCUT2D eigenvalue weighted by molar-refractivity contribution is -0.254. The largest absolute Gasteiger partial charge is 0.394 e. The molecular formula is C10H19NO6. The summed E-state index contributed by atoms with van der Waals surface area (Å²) in [6, 6.07) is -1.39. The van der Waals surface area contributed by atoms with Crippen molar-refractivity contribution in [2.45, 2.75) is 44.5 Å². The minimum atomic E-state index is -1.64. The topological polar surface area (TPSA) is 119 Å². The van der Waals surface area contributed by atoms with E-state index in [1.54, 1.807) is 13.8 Å². The van der Waals surface area contributed by atoms with Crippen LogP contribution in [0.4, 0.5) is 0 Å². The first-order chi connectivity index (χ1) is 8.31. The van der Waals surface area contributed by atoms with Crippen LogP contribution in [0.15, 0.2) is 0 Å². The van der Waals surface area contributed by atoms with Crippen LogP contribution < -0.4 is 5.31 Å². The quantitative estimate of drug-likeness (QED) is 0.379. The average molecular weight is 250 g/mol. The maximum Gasteiger partial charge on any atom is 0.223 e. The summed E-state index contributed by atoms with van der Waals surface area (Å²) in [6.45, 7) is 2.55. The molecule has 1 unspecified atom stereocenters. The van der Waals surface area contributed by atoms with E-state index in [4.69, 9.17) is 11.3 Å². The van der Waals surface area contributed by atoms with Crippen LogP contribution in [0, 0.1) is 5.92 Å². The molecule has 5 N–H and O–H groups in total. The summed E-state index contributed by atoms with van der Waals surface area (Å²) in [5.74, 6) is -1.11. The van der Waals surface area contributed by atoms with E-state index in [-0.39, 0.29) is 0 Å². The number of rotatable bonds is 3. The number of nitrogens with one attached hydrogen (secondary N) is 1. The monoisotopic (exact) mass is 250 g/mol. The summed E-state index contributed by atoms with van der Waals surface area (Å²) in [4.78, 5) is 11.6. The number of carbonyl (C=O) groups is 1. The lowest BCUT2D eigenvalue weighted by Gasteiger charge is -2.40. The van der Waals surface area contributed by atoms with E-state index >= 15 is 0 Å². The highest BCUT2D eigenvalue weighted by molar-refractivity contribution is 5.78. The van der Waals surface area contributed by atoms with E-state index in [1.807, 2.05) is 0 Å². The van der Waals surface area contributed by atoms with Gasteiger partial charge in [-0.15, -0.1) is 0 Å². The van der Waals surface area contributed by atoms with Crippen molar-refractivity contribution in [3.8, 4) is 0 Å². The number of carbonyl (C=O) groups excluding carboxylic acids is 1. The van der Waals surface area contributed by atoms with Gasteiger partial charge in [0.25, 0.3) is 0 Å². The van der Waals surface area contributed by atoms with Gasteiger partial charge in [-0.1, -0.05) is 13.8 Å². The highest BCUT2D eigenvalue weighted by atomic mass is 16.6. The van der Waals surface area contributed by atoms with E-state index in [0.717, 1.165) is 0 Å². The normalized spacial score (nSPS) is 39.0. The summed E-state index contributed by atoms with van der Waals surface area (Å²) in [7, 11) is 0. The van der Waals surface area contributed by atoms with Gasteiger partial charge in [0.1, 0.15) is 24.4 Å². The van der Waals surface area contributed by atoms with Gasteiger partial charge in [0.05, 0.1) is 6.61 Å². The molecule has 17 heavy (non-hydrogen) atoms. The third kappa shape index (κ3) is 3.14. The number of aliphatic hydroxyl groups excluding tert-OH is 4. The zero-order chi connectivity index (χ0) is 14.0. The van der Waals surface area contributed by atoms with Crippen LogP contribution in [-0.2, 0) is 9.53 Å². The Hall–Kier alpha value is -0.730.